The number of aromatic nitrogens is 1. The van der Waals surface area contributed by atoms with Crippen LogP contribution in [0.25, 0.3) is 0 Å². The zero-order valence-corrected chi connectivity index (χ0v) is 17.1. The Labute approximate surface area is 168 Å². The highest BCUT2D eigenvalue weighted by atomic mass is 32.1. The number of nitrogens with zero attached hydrogens (tertiary/aromatic N) is 3. The van der Waals surface area contributed by atoms with Gasteiger partial charge in [-0.2, -0.15) is 0 Å². The number of hydrogen-bond acceptors (Lipinski definition) is 4. The third kappa shape index (κ3) is 3.70. The quantitative estimate of drug-likeness (QED) is 0.769. The third-order valence-corrected chi connectivity index (χ3v) is 7.05. The molecule has 7 heteroatoms. The number of piperidine rings is 1. The molecule has 1 aromatic carbocycles. The van der Waals surface area contributed by atoms with Crippen LogP contribution in [0.15, 0.2) is 18.2 Å². The van der Waals surface area contributed by atoms with E-state index in [1.807, 2.05) is 18.7 Å². The minimum Gasteiger partial charge on any atom is -0.337 e. The lowest BCUT2D eigenvalue weighted by atomic mass is 9.79. The van der Waals surface area contributed by atoms with Gasteiger partial charge in [0.05, 0.1) is 10.7 Å². The van der Waals surface area contributed by atoms with Gasteiger partial charge in [0.25, 0.3) is 5.91 Å². The first-order valence-corrected chi connectivity index (χ1v) is 10.6. The summed E-state index contributed by atoms with van der Waals surface area (Å²) in [5, 5.41) is 0.913. The van der Waals surface area contributed by atoms with Crippen molar-refractivity contribution in [3.8, 4) is 0 Å². The number of aryl methyl sites for hydroxylation is 2. The third-order valence-electron chi connectivity index (χ3n) is 5.99. The van der Waals surface area contributed by atoms with Gasteiger partial charge in [-0.1, -0.05) is 12.1 Å². The van der Waals surface area contributed by atoms with Crippen LogP contribution in [0.4, 0.5) is 8.78 Å². The molecular weight excluding hydrogens is 380 g/mol. The lowest BCUT2D eigenvalue weighted by molar-refractivity contribution is 0.0675. The van der Waals surface area contributed by atoms with Crippen LogP contribution >= 0.6 is 11.3 Å². The summed E-state index contributed by atoms with van der Waals surface area (Å²) < 4.78 is 27.6. The van der Waals surface area contributed by atoms with Crippen molar-refractivity contribution in [1.82, 2.24) is 14.8 Å². The maximum absolute atomic E-state index is 14.1. The lowest BCUT2D eigenvalue weighted by Crippen LogP contribution is -2.45. The van der Waals surface area contributed by atoms with Gasteiger partial charge in [0.2, 0.25) is 0 Å². The van der Waals surface area contributed by atoms with Crippen molar-refractivity contribution in [2.24, 2.45) is 5.41 Å². The molecule has 150 valence electrons. The zero-order chi connectivity index (χ0) is 19.9. The summed E-state index contributed by atoms with van der Waals surface area (Å²) in [6, 6.07) is 4.36. The molecule has 0 aliphatic carbocycles. The summed E-state index contributed by atoms with van der Waals surface area (Å²) >= 11 is 1.46. The molecule has 0 N–H and O–H groups in total. The first kappa shape index (κ1) is 19.5. The van der Waals surface area contributed by atoms with E-state index in [9.17, 15) is 13.6 Å². The van der Waals surface area contributed by atoms with E-state index in [-0.39, 0.29) is 11.3 Å². The van der Waals surface area contributed by atoms with E-state index in [4.69, 9.17) is 0 Å². The molecule has 0 bridgehead atoms. The molecule has 28 heavy (non-hydrogen) atoms. The Hall–Kier alpha value is -1.86. The van der Waals surface area contributed by atoms with E-state index >= 15 is 0 Å². The van der Waals surface area contributed by atoms with Gasteiger partial charge in [0.1, 0.15) is 4.88 Å². The molecule has 1 aromatic heterocycles. The molecule has 0 radical (unpaired) electrons. The van der Waals surface area contributed by atoms with Gasteiger partial charge in [-0.3, -0.25) is 9.69 Å². The number of carbonyl (C=O) groups excluding carboxylic acids is 1. The maximum Gasteiger partial charge on any atom is 0.265 e. The molecular formula is C21H25F2N3OS. The van der Waals surface area contributed by atoms with E-state index in [0.29, 0.717) is 12.1 Å². The molecule has 1 unspecified atom stereocenters. The fourth-order valence-corrected chi connectivity index (χ4v) is 5.56. The molecule has 2 aliphatic heterocycles. The minimum atomic E-state index is -0.794. The molecule has 2 aliphatic rings. The second kappa shape index (κ2) is 7.52. The maximum atomic E-state index is 14.1. The molecule has 0 saturated carbocycles. The molecule has 3 heterocycles. The van der Waals surface area contributed by atoms with Crippen molar-refractivity contribution < 1.29 is 13.6 Å². The number of halogens is 2. The Kier molecular flexibility index (Phi) is 5.22. The second-order valence-corrected chi connectivity index (χ2v) is 9.35. The van der Waals surface area contributed by atoms with Gasteiger partial charge in [-0.05, 0) is 45.7 Å². The average molecular weight is 406 g/mol. The minimum absolute atomic E-state index is 0.0470. The van der Waals surface area contributed by atoms with E-state index in [1.165, 1.54) is 11.3 Å². The Balaban J connectivity index is 1.45. The number of thiazole rings is 1. The normalized spacial score (nSPS) is 22.9. The van der Waals surface area contributed by atoms with Crippen LogP contribution in [-0.4, -0.2) is 46.9 Å². The van der Waals surface area contributed by atoms with Gasteiger partial charge >= 0.3 is 0 Å². The first-order valence-electron chi connectivity index (χ1n) is 9.75. The molecule has 1 amide bonds. The summed E-state index contributed by atoms with van der Waals surface area (Å²) in [5.74, 6) is -1.47. The van der Waals surface area contributed by atoms with E-state index in [0.717, 1.165) is 67.1 Å². The highest BCUT2D eigenvalue weighted by Crippen LogP contribution is 2.40. The number of likely N-dealkylation sites (tertiary alicyclic amines) is 2. The number of rotatable bonds is 3. The van der Waals surface area contributed by atoms with Crippen LogP contribution in [-0.2, 0) is 6.54 Å². The predicted octanol–water partition coefficient (Wildman–Crippen LogP) is 4.17. The van der Waals surface area contributed by atoms with Crippen LogP contribution in [0.1, 0.15) is 45.2 Å². The van der Waals surface area contributed by atoms with Gasteiger partial charge in [-0.15, -0.1) is 11.3 Å². The van der Waals surface area contributed by atoms with Crippen molar-refractivity contribution in [3.05, 3.63) is 51.0 Å². The van der Waals surface area contributed by atoms with Crippen molar-refractivity contribution in [2.75, 3.05) is 26.2 Å². The molecule has 2 aromatic rings. The molecule has 1 spiro atoms. The molecule has 2 saturated heterocycles. The first-order chi connectivity index (χ1) is 13.4. The number of carbonyl (C=O) groups is 1. The molecule has 2 fully saturated rings. The summed E-state index contributed by atoms with van der Waals surface area (Å²) in [6.07, 6.45) is 3.04. The smallest absolute Gasteiger partial charge is 0.265 e. The van der Waals surface area contributed by atoms with Crippen LogP contribution in [0, 0.1) is 30.9 Å². The fourth-order valence-electron chi connectivity index (χ4n) is 4.67. The zero-order valence-electron chi connectivity index (χ0n) is 16.3. The van der Waals surface area contributed by atoms with E-state index in [1.54, 1.807) is 12.1 Å². The van der Waals surface area contributed by atoms with Gasteiger partial charge in [0.15, 0.2) is 11.6 Å². The molecule has 4 nitrogen and oxygen atoms in total. The van der Waals surface area contributed by atoms with E-state index < -0.39 is 11.6 Å². The Bertz CT molecular complexity index is 900. The van der Waals surface area contributed by atoms with E-state index in [2.05, 4.69) is 9.88 Å². The van der Waals surface area contributed by atoms with Crippen LogP contribution < -0.4 is 0 Å². The van der Waals surface area contributed by atoms with Crippen molar-refractivity contribution in [3.63, 3.8) is 0 Å². The Morgan fingerprint density at radius 3 is 2.79 bits per heavy atom. The topological polar surface area (TPSA) is 36.4 Å². The Morgan fingerprint density at radius 2 is 2.04 bits per heavy atom. The monoisotopic (exact) mass is 405 g/mol. The van der Waals surface area contributed by atoms with Crippen molar-refractivity contribution in [2.45, 2.75) is 39.7 Å². The lowest BCUT2D eigenvalue weighted by Gasteiger charge is -2.40. The highest BCUT2D eigenvalue weighted by molar-refractivity contribution is 7.13. The summed E-state index contributed by atoms with van der Waals surface area (Å²) in [5.41, 5.74) is 1.25. The Morgan fingerprint density at radius 1 is 1.21 bits per heavy atom. The van der Waals surface area contributed by atoms with Crippen LogP contribution in [0.3, 0.4) is 0 Å². The fraction of sp³-hybridized carbons (Fsp3) is 0.524. The second-order valence-electron chi connectivity index (χ2n) is 8.15. The van der Waals surface area contributed by atoms with Crippen LogP contribution in [0.5, 0.6) is 0 Å². The number of amides is 1. The summed E-state index contributed by atoms with van der Waals surface area (Å²) in [6.45, 7) is 7.38. The number of benzene rings is 1. The average Bonchev–Trinajstić information content (AvgIpc) is 3.21. The molecule has 1 atom stereocenters. The summed E-state index contributed by atoms with van der Waals surface area (Å²) in [7, 11) is 0. The standard InChI is InChI=1S/C21H25F2N3OS/c1-14-19(28-15(2)24-14)20(27)26-10-8-21(13-26)7-4-9-25(12-21)11-16-5-3-6-17(22)18(16)23/h3,5-6H,4,7-13H2,1-2H3. The summed E-state index contributed by atoms with van der Waals surface area (Å²) in [4.78, 5) is 22.2. The van der Waals surface area contributed by atoms with Gasteiger partial charge < -0.3 is 4.90 Å². The predicted molar refractivity (Wildman–Crippen MR) is 105 cm³/mol. The SMILES string of the molecule is Cc1nc(C)c(C(=O)N2CCC3(CCCN(Cc4cccc(F)c4F)C3)C2)s1. The highest BCUT2D eigenvalue weighted by Gasteiger charge is 2.43. The van der Waals surface area contributed by atoms with Crippen molar-refractivity contribution >= 4 is 17.2 Å². The van der Waals surface area contributed by atoms with Gasteiger partial charge in [0, 0.05) is 37.2 Å². The van der Waals surface area contributed by atoms with Crippen LogP contribution in [0.2, 0.25) is 0 Å². The molecule has 4 rings (SSSR count). The largest absolute Gasteiger partial charge is 0.337 e. The van der Waals surface area contributed by atoms with Gasteiger partial charge in [-0.25, -0.2) is 13.8 Å². The van der Waals surface area contributed by atoms with Crippen molar-refractivity contribution in [1.29, 1.82) is 0 Å². The number of hydrogen-bond donors (Lipinski definition) is 0.